The van der Waals surface area contributed by atoms with E-state index in [0.29, 0.717) is 5.41 Å². The zero-order valence-electron chi connectivity index (χ0n) is 9.77. The number of hydrogen-bond donors (Lipinski definition) is 0. The number of likely N-dealkylation sites (tertiary alicyclic amines) is 1. The maximum atomic E-state index is 2.64. The van der Waals surface area contributed by atoms with E-state index in [0.717, 1.165) is 5.92 Å². The highest BCUT2D eigenvalue weighted by atomic mass is 15.1. The Labute approximate surface area is 83.5 Å². The third kappa shape index (κ3) is 4.66. The topological polar surface area (TPSA) is 3.24 Å². The van der Waals surface area contributed by atoms with Gasteiger partial charge >= 0.3 is 0 Å². The van der Waals surface area contributed by atoms with Crippen LogP contribution in [0.2, 0.25) is 0 Å². The number of rotatable bonds is 2. The van der Waals surface area contributed by atoms with E-state index in [4.69, 9.17) is 0 Å². The molecule has 0 amide bonds. The first-order chi connectivity index (χ1) is 5.97. The fraction of sp³-hybridized carbons (Fsp3) is 1.00. The van der Waals surface area contributed by atoms with E-state index in [-0.39, 0.29) is 0 Å². The predicted molar refractivity (Wildman–Crippen MR) is 58.9 cm³/mol. The van der Waals surface area contributed by atoms with Crippen LogP contribution in [0.25, 0.3) is 0 Å². The summed E-state index contributed by atoms with van der Waals surface area (Å²) in [5, 5.41) is 0. The molecule has 1 nitrogen and oxygen atoms in total. The van der Waals surface area contributed by atoms with Crippen LogP contribution in [-0.4, -0.2) is 24.5 Å². The molecule has 0 bridgehead atoms. The SMILES string of the molecule is C[C@@H]1CCCN(CCC(C)(C)C)C1. The summed E-state index contributed by atoms with van der Waals surface area (Å²) in [5.74, 6) is 0.925. The zero-order chi connectivity index (χ0) is 9.90. The molecule has 0 aromatic carbocycles. The van der Waals surface area contributed by atoms with Gasteiger partial charge in [-0.05, 0) is 43.7 Å². The molecule has 1 fully saturated rings. The Kier molecular flexibility index (Phi) is 3.78. The number of nitrogens with zero attached hydrogens (tertiary/aromatic N) is 1. The average Bonchev–Trinajstić information content (AvgIpc) is 2.00. The molecule has 0 spiro atoms. The van der Waals surface area contributed by atoms with Crippen LogP contribution < -0.4 is 0 Å². The van der Waals surface area contributed by atoms with E-state index >= 15 is 0 Å². The smallest absolute Gasteiger partial charge is 0.000703 e. The monoisotopic (exact) mass is 183 g/mol. The minimum atomic E-state index is 0.501. The van der Waals surface area contributed by atoms with Crippen molar-refractivity contribution in [3.8, 4) is 0 Å². The Balaban J connectivity index is 2.21. The molecule has 0 radical (unpaired) electrons. The largest absolute Gasteiger partial charge is 0.303 e. The molecule has 1 aliphatic heterocycles. The van der Waals surface area contributed by atoms with Crippen molar-refractivity contribution >= 4 is 0 Å². The van der Waals surface area contributed by atoms with Gasteiger partial charge in [0, 0.05) is 6.54 Å². The maximum Gasteiger partial charge on any atom is 0.000703 e. The van der Waals surface area contributed by atoms with Crippen LogP contribution in [0.15, 0.2) is 0 Å². The molecule has 0 aromatic heterocycles. The lowest BCUT2D eigenvalue weighted by Gasteiger charge is -2.32. The van der Waals surface area contributed by atoms with Crippen LogP contribution in [0, 0.1) is 11.3 Å². The lowest BCUT2D eigenvalue weighted by atomic mass is 9.91. The fourth-order valence-corrected chi connectivity index (χ4v) is 1.98. The van der Waals surface area contributed by atoms with Crippen LogP contribution in [0.1, 0.15) is 47.0 Å². The van der Waals surface area contributed by atoms with Crippen molar-refractivity contribution in [1.82, 2.24) is 4.90 Å². The van der Waals surface area contributed by atoms with E-state index < -0.39 is 0 Å². The first-order valence-corrected chi connectivity index (χ1v) is 5.70. The summed E-state index contributed by atoms with van der Waals surface area (Å²) in [6.45, 7) is 13.3. The van der Waals surface area contributed by atoms with Gasteiger partial charge in [-0.2, -0.15) is 0 Å². The third-order valence-corrected chi connectivity index (χ3v) is 2.92. The first-order valence-electron chi connectivity index (χ1n) is 5.70. The highest BCUT2D eigenvalue weighted by Crippen LogP contribution is 2.21. The molecule has 13 heavy (non-hydrogen) atoms. The second-order valence-corrected chi connectivity index (χ2v) is 5.86. The van der Waals surface area contributed by atoms with E-state index in [1.54, 1.807) is 0 Å². The molecule has 0 N–H and O–H groups in total. The van der Waals surface area contributed by atoms with E-state index in [1.807, 2.05) is 0 Å². The summed E-state index contributed by atoms with van der Waals surface area (Å²) in [6.07, 6.45) is 4.18. The third-order valence-electron chi connectivity index (χ3n) is 2.92. The minimum Gasteiger partial charge on any atom is -0.303 e. The normalized spacial score (nSPS) is 26.3. The average molecular weight is 183 g/mol. The Bertz CT molecular complexity index is 146. The second-order valence-electron chi connectivity index (χ2n) is 5.86. The fourth-order valence-electron chi connectivity index (χ4n) is 1.98. The van der Waals surface area contributed by atoms with E-state index in [2.05, 4.69) is 32.6 Å². The van der Waals surface area contributed by atoms with Crippen LogP contribution in [-0.2, 0) is 0 Å². The summed E-state index contributed by atoms with van der Waals surface area (Å²) in [5.41, 5.74) is 0.501. The van der Waals surface area contributed by atoms with Gasteiger partial charge in [-0.3, -0.25) is 0 Å². The standard InChI is InChI=1S/C12H25N/c1-11-6-5-8-13(10-11)9-7-12(2,3)4/h11H,5-10H2,1-4H3/t11-/m1/s1. The van der Waals surface area contributed by atoms with Crippen LogP contribution >= 0.6 is 0 Å². The van der Waals surface area contributed by atoms with Gasteiger partial charge in [0.2, 0.25) is 0 Å². The number of piperidine rings is 1. The Morgan fingerprint density at radius 3 is 2.54 bits per heavy atom. The van der Waals surface area contributed by atoms with Crippen LogP contribution in [0.5, 0.6) is 0 Å². The maximum absolute atomic E-state index is 2.64. The molecule has 1 saturated heterocycles. The lowest BCUT2D eigenvalue weighted by molar-refractivity contribution is 0.162. The van der Waals surface area contributed by atoms with Gasteiger partial charge < -0.3 is 4.90 Å². The molecule has 0 unspecified atom stereocenters. The highest BCUT2D eigenvalue weighted by Gasteiger charge is 2.18. The van der Waals surface area contributed by atoms with Crippen molar-refractivity contribution in [2.45, 2.75) is 47.0 Å². The second kappa shape index (κ2) is 4.45. The summed E-state index contributed by atoms with van der Waals surface area (Å²) in [4.78, 5) is 2.64. The van der Waals surface area contributed by atoms with Gasteiger partial charge in [0.05, 0.1) is 0 Å². The van der Waals surface area contributed by atoms with Crippen LogP contribution in [0.3, 0.4) is 0 Å². The Hall–Kier alpha value is -0.0400. The quantitative estimate of drug-likeness (QED) is 0.635. The summed E-state index contributed by atoms with van der Waals surface area (Å²) < 4.78 is 0. The van der Waals surface area contributed by atoms with Crippen molar-refractivity contribution in [2.24, 2.45) is 11.3 Å². The van der Waals surface area contributed by atoms with Gasteiger partial charge in [-0.25, -0.2) is 0 Å². The van der Waals surface area contributed by atoms with Gasteiger partial charge in [0.1, 0.15) is 0 Å². The Morgan fingerprint density at radius 2 is 2.00 bits per heavy atom. The van der Waals surface area contributed by atoms with E-state index in [9.17, 15) is 0 Å². The van der Waals surface area contributed by atoms with Crippen molar-refractivity contribution in [2.75, 3.05) is 19.6 Å². The molecule has 78 valence electrons. The molecular weight excluding hydrogens is 158 g/mol. The van der Waals surface area contributed by atoms with Gasteiger partial charge in [-0.15, -0.1) is 0 Å². The van der Waals surface area contributed by atoms with Crippen molar-refractivity contribution in [1.29, 1.82) is 0 Å². The number of hydrogen-bond acceptors (Lipinski definition) is 1. The lowest BCUT2D eigenvalue weighted by Crippen LogP contribution is -2.36. The molecular formula is C12H25N. The molecule has 0 aliphatic carbocycles. The van der Waals surface area contributed by atoms with Crippen LogP contribution in [0.4, 0.5) is 0 Å². The summed E-state index contributed by atoms with van der Waals surface area (Å²) in [7, 11) is 0. The summed E-state index contributed by atoms with van der Waals surface area (Å²) >= 11 is 0. The molecule has 1 atom stereocenters. The molecule has 1 aliphatic rings. The molecule has 1 heteroatoms. The zero-order valence-corrected chi connectivity index (χ0v) is 9.77. The summed E-state index contributed by atoms with van der Waals surface area (Å²) in [6, 6.07) is 0. The molecule has 1 rings (SSSR count). The van der Waals surface area contributed by atoms with Gasteiger partial charge in [-0.1, -0.05) is 27.7 Å². The minimum absolute atomic E-state index is 0.501. The van der Waals surface area contributed by atoms with Gasteiger partial charge in [0.15, 0.2) is 0 Å². The van der Waals surface area contributed by atoms with Crippen molar-refractivity contribution < 1.29 is 0 Å². The molecule has 0 aromatic rings. The highest BCUT2D eigenvalue weighted by molar-refractivity contribution is 4.72. The molecule has 0 saturated carbocycles. The van der Waals surface area contributed by atoms with Crippen molar-refractivity contribution in [3.63, 3.8) is 0 Å². The molecule has 1 heterocycles. The Morgan fingerprint density at radius 1 is 1.31 bits per heavy atom. The van der Waals surface area contributed by atoms with Gasteiger partial charge in [0.25, 0.3) is 0 Å². The van der Waals surface area contributed by atoms with E-state index in [1.165, 1.54) is 38.9 Å². The first kappa shape index (κ1) is 11.0. The van der Waals surface area contributed by atoms with Crippen molar-refractivity contribution in [3.05, 3.63) is 0 Å². The predicted octanol–water partition coefficient (Wildman–Crippen LogP) is 3.15.